The molecular formula is C23H19ClN2O3. The highest BCUT2D eigenvalue weighted by Crippen LogP contribution is 2.42. The number of hydrogen-bond donors (Lipinski definition) is 1. The Balaban J connectivity index is 1.94. The van der Waals surface area contributed by atoms with E-state index in [0.29, 0.717) is 27.8 Å². The highest BCUT2D eigenvalue weighted by Gasteiger charge is 2.20. The molecule has 1 heterocycles. The number of halogens is 1. The molecule has 0 fully saturated rings. The average Bonchev–Trinajstić information content (AvgIpc) is 3.19. The topological polar surface area (TPSA) is 56.5 Å². The summed E-state index contributed by atoms with van der Waals surface area (Å²) in [6, 6.07) is 22.6. The van der Waals surface area contributed by atoms with Crippen molar-refractivity contribution in [1.29, 1.82) is 0 Å². The van der Waals surface area contributed by atoms with Crippen molar-refractivity contribution in [3.05, 3.63) is 77.8 Å². The number of aromatic hydroxyl groups is 1. The van der Waals surface area contributed by atoms with Crippen LogP contribution in [0.5, 0.6) is 17.2 Å². The molecule has 0 aliphatic carbocycles. The quantitative estimate of drug-likeness (QED) is 0.470. The number of phenols is 1. The first-order valence-corrected chi connectivity index (χ1v) is 9.35. The van der Waals surface area contributed by atoms with Crippen LogP contribution >= 0.6 is 11.6 Å². The molecule has 0 radical (unpaired) electrons. The van der Waals surface area contributed by atoms with Crippen LogP contribution < -0.4 is 9.47 Å². The molecule has 1 N–H and O–H groups in total. The van der Waals surface area contributed by atoms with Gasteiger partial charge in [-0.25, -0.2) is 4.68 Å². The molecule has 0 spiro atoms. The highest BCUT2D eigenvalue weighted by molar-refractivity contribution is 6.30. The van der Waals surface area contributed by atoms with Crippen LogP contribution in [0, 0.1) is 0 Å². The molecule has 0 bridgehead atoms. The molecule has 0 amide bonds. The molecule has 0 aliphatic heterocycles. The van der Waals surface area contributed by atoms with Gasteiger partial charge in [-0.15, -0.1) is 0 Å². The van der Waals surface area contributed by atoms with E-state index in [1.54, 1.807) is 19.2 Å². The molecule has 0 aliphatic rings. The molecule has 3 aromatic carbocycles. The fourth-order valence-electron chi connectivity index (χ4n) is 3.21. The molecule has 5 nitrogen and oxygen atoms in total. The number of hydrogen-bond acceptors (Lipinski definition) is 4. The number of methoxy groups -OCH3 is 2. The molecule has 1 aromatic heterocycles. The van der Waals surface area contributed by atoms with E-state index in [4.69, 9.17) is 26.2 Å². The first-order chi connectivity index (χ1) is 14.1. The van der Waals surface area contributed by atoms with E-state index in [1.165, 1.54) is 7.11 Å². The van der Waals surface area contributed by atoms with Crippen molar-refractivity contribution in [2.24, 2.45) is 0 Å². The fraction of sp³-hybridized carbons (Fsp3) is 0.0870. The summed E-state index contributed by atoms with van der Waals surface area (Å²) in [5, 5.41) is 16.1. The van der Waals surface area contributed by atoms with Gasteiger partial charge in [-0.3, -0.25) is 0 Å². The maximum absolute atomic E-state index is 10.6. The summed E-state index contributed by atoms with van der Waals surface area (Å²) in [4.78, 5) is 0. The zero-order valence-corrected chi connectivity index (χ0v) is 16.7. The Morgan fingerprint density at radius 1 is 0.897 bits per heavy atom. The van der Waals surface area contributed by atoms with Crippen molar-refractivity contribution in [2.75, 3.05) is 14.2 Å². The monoisotopic (exact) mass is 406 g/mol. The molecular weight excluding hydrogens is 388 g/mol. The standard InChI is InChI=1S/C23H19ClN2O3/c1-28-18-12-21(27)23(22(13-18)29-2)19-14-20(15-6-4-3-5-7-15)26(25-19)17-10-8-16(24)9-11-17/h3-14,27H,1-2H3. The van der Waals surface area contributed by atoms with Gasteiger partial charge in [-0.1, -0.05) is 41.9 Å². The van der Waals surface area contributed by atoms with Gasteiger partial charge in [-0.05, 0) is 30.3 Å². The second-order valence-corrected chi connectivity index (χ2v) is 6.83. The second-order valence-electron chi connectivity index (χ2n) is 6.39. The summed E-state index contributed by atoms with van der Waals surface area (Å²) in [7, 11) is 3.09. The van der Waals surface area contributed by atoms with Gasteiger partial charge in [0, 0.05) is 22.7 Å². The third-order valence-corrected chi connectivity index (χ3v) is 4.87. The van der Waals surface area contributed by atoms with Gasteiger partial charge in [0.05, 0.1) is 31.2 Å². The second kappa shape index (κ2) is 7.89. The summed E-state index contributed by atoms with van der Waals surface area (Å²) in [6.45, 7) is 0. The van der Waals surface area contributed by atoms with E-state index in [9.17, 15) is 5.11 Å². The summed E-state index contributed by atoms with van der Waals surface area (Å²) in [5.74, 6) is 1.01. The number of aromatic nitrogens is 2. The Labute approximate surface area is 173 Å². The number of rotatable bonds is 5. The van der Waals surface area contributed by atoms with Crippen LogP contribution in [0.3, 0.4) is 0 Å². The summed E-state index contributed by atoms with van der Waals surface area (Å²) >= 11 is 6.05. The van der Waals surface area contributed by atoms with Gasteiger partial charge in [0.15, 0.2) is 0 Å². The summed E-state index contributed by atoms with van der Waals surface area (Å²) in [5.41, 5.74) is 3.80. The zero-order valence-electron chi connectivity index (χ0n) is 16.0. The van der Waals surface area contributed by atoms with Crippen LogP contribution in [0.25, 0.3) is 28.2 Å². The third-order valence-electron chi connectivity index (χ3n) is 4.62. The number of ether oxygens (including phenoxy) is 2. The van der Waals surface area contributed by atoms with Gasteiger partial charge in [0.1, 0.15) is 22.9 Å². The molecule has 0 unspecified atom stereocenters. The number of phenolic OH excluding ortho intramolecular Hbond substituents is 1. The lowest BCUT2D eigenvalue weighted by Gasteiger charge is -2.11. The largest absolute Gasteiger partial charge is 0.507 e. The molecule has 0 atom stereocenters. The van der Waals surface area contributed by atoms with E-state index < -0.39 is 0 Å². The van der Waals surface area contributed by atoms with Crippen molar-refractivity contribution in [3.63, 3.8) is 0 Å². The lowest BCUT2D eigenvalue weighted by Crippen LogP contribution is -1.99. The third kappa shape index (κ3) is 3.65. The SMILES string of the molecule is COc1cc(O)c(-c2cc(-c3ccccc3)n(-c3ccc(Cl)cc3)n2)c(OC)c1. The first kappa shape index (κ1) is 18.9. The average molecular weight is 407 g/mol. The van der Waals surface area contributed by atoms with E-state index >= 15 is 0 Å². The van der Waals surface area contributed by atoms with Gasteiger partial charge in [-0.2, -0.15) is 5.10 Å². The van der Waals surface area contributed by atoms with Crippen molar-refractivity contribution in [3.8, 4) is 45.5 Å². The molecule has 0 saturated heterocycles. The maximum atomic E-state index is 10.6. The minimum atomic E-state index is 0.0292. The predicted molar refractivity (Wildman–Crippen MR) is 114 cm³/mol. The van der Waals surface area contributed by atoms with Crippen molar-refractivity contribution < 1.29 is 14.6 Å². The van der Waals surface area contributed by atoms with E-state index in [2.05, 4.69) is 0 Å². The number of nitrogens with zero attached hydrogens (tertiary/aromatic N) is 2. The minimum Gasteiger partial charge on any atom is -0.507 e. The lowest BCUT2D eigenvalue weighted by atomic mass is 10.1. The van der Waals surface area contributed by atoms with Crippen LogP contribution in [0.15, 0.2) is 72.8 Å². The van der Waals surface area contributed by atoms with Gasteiger partial charge in [0.25, 0.3) is 0 Å². The Hall–Kier alpha value is -3.44. The van der Waals surface area contributed by atoms with Crippen LogP contribution in [-0.2, 0) is 0 Å². The first-order valence-electron chi connectivity index (χ1n) is 8.97. The molecule has 4 aromatic rings. The molecule has 4 rings (SSSR count). The fourth-order valence-corrected chi connectivity index (χ4v) is 3.34. The van der Waals surface area contributed by atoms with Crippen molar-refractivity contribution >= 4 is 11.6 Å². The van der Waals surface area contributed by atoms with Gasteiger partial charge < -0.3 is 14.6 Å². The Kier molecular flexibility index (Phi) is 5.14. The minimum absolute atomic E-state index is 0.0292. The van der Waals surface area contributed by atoms with E-state index in [1.807, 2.05) is 65.3 Å². The summed E-state index contributed by atoms with van der Waals surface area (Å²) < 4.78 is 12.5. The maximum Gasteiger partial charge on any atom is 0.135 e. The number of benzene rings is 3. The predicted octanol–water partition coefficient (Wildman–Crippen LogP) is 5.58. The molecule has 6 heteroatoms. The van der Waals surface area contributed by atoms with E-state index in [-0.39, 0.29) is 5.75 Å². The summed E-state index contributed by atoms with van der Waals surface area (Å²) in [6.07, 6.45) is 0. The van der Waals surface area contributed by atoms with Crippen molar-refractivity contribution in [1.82, 2.24) is 9.78 Å². The van der Waals surface area contributed by atoms with Gasteiger partial charge in [0.2, 0.25) is 0 Å². The van der Waals surface area contributed by atoms with Gasteiger partial charge >= 0.3 is 0 Å². The molecule has 146 valence electrons. The normalized spacial score (nSPS) is 10.7. The van der Waals surface area contributed by atoms with Crippen LogP contribution in [0.4, 0.5) is 0 Å². The van der Waals surface area contributed by atoms with E-state index in [0.717, 1.165) is 16.9 Å². The Morgan fingerprint density at radius 3 is 2.28 bits per heavy atom. The zero-order chi connectivity index (χ0) is 20.4. The van der Waals surface area contributed by atoms with Crippen LogP contribution in [-0.4, -0.2) is 29.1 Å². The Bertz CT molecular complexity index is 1140. The molecule has 29 heavy (non-hydrogen) atoms. The van der Waals surface area contributed by atoms with Crippen LogP contribution in [0.2, 0.25) is 5.02 Å². The smallest absolute Gasteiger partial charge is 0.135 e. The lowest BCUT2D eigenvalue weighted by molar-refractivity contribution is 0.386. The van der Waals surface area contributed by atoms with Crippen LogP contribution in [0.1, 0.15) is 0 Å². The Morgan fingerprint density at radius 2 is 1.62 bits per heavy atom. The highest BCUT2D eigenvalue weighted by atomic mass is 35.5. The molecule has 0 saturated carbocycles. The van der Waals surface area contributed by atoms with Crippen molar-refractivity contribution in [2.45, 2.75) is 0 Å².